The molecule has 110 valence electrons. The smallest absolute Gasteiger partial charge is 0.366 e. The lowest BCUT2D eigenvalue weighted by Crippen LogP contribution is -2.51. The van der Waals surface area contributed by atoms with Crippen molar-refractivity contribution in [3.63, 3.8) is 0 Å². The third kappa shape index (κ3) is 2.53. The number of nitrogens with zero attached hydrogens (tertiary/aromatic N) is 3. The molecule has 0 spiro atoms. The number of rotatable bonds is 3. The minimum atomic E-state index is -0.926. The molecule has 0 saturated carbocycles. The Kier molecular flexibility index (Phi) is 4.08. The van der Waals surface area contributed by atoms with Crippen molar-refractivity contribution in [1.29, 1.82) is 0 Å². The molecule has 7 heteroatoms. The van der Waals surface area contributed by atoms with Gasteiger partial charge < -0.3 is 14.9 Å². The van der Waals surface area contributed by atoms with Gasteiger partial charge in [-0.2, -0.15) is 4.98 Å². The number of aromatic nitrogens is 2. The van der Waals surface area contributed by atoms with Crippen LogP contribution in [0, 0.1) is 13.8 Å². The highest BCUT2D eigenvalue weighted by atomic mass is 16.5. The molecule has 1 unspecified atom stereocenters. The Hall–Kier alpha value is -1.89. The second-order valence-electron chi connectivity index (χ2n) is 4.92. The first-order valence-electron chi connectivity index (χ1n) is 6.59. The summed E-state index contributed by atoms with van der Waals surface area (Å²) in [6.07, 6.45) is 0. The highest BCUT2D eigenvalue weighted by Gasteiger charge is 2.24. The van der Waals surface area contributed by atoms with Crippen LogP contribution in [-0.2, 0) is 9.53 Å². The van der Waals surface area contributed by atoms with E-state index in [9.17, 15) is 14.7 Å². The first kappa shape index (κ1) is 14.5. The van der Waals surface area contributed by atoms with Gasteiger partial charge in [0.1, 0.15) is 0 Å². The lowest BCUT2D eigenvalue weighted by molar-refractivity contribution is -0.138. The van der Waals surface area contributed by atoms with Crippen molar-refractivity contribution in [2.75, 3.05) is 31.3 Å². The molecule has 1 aliphatic rings. The summed E-state index contributed by atoms with van der Waals surface area (Å²) in [7, 11) is 0. The molecule has 1 aromatic rings. The van der Waals surface area contributed by atoms with Gasteiger partial charge in [0.2, 0.25) is 0 Å². The maximum atomic E-state index is 12.1. The molecule has 0 bridgehead atoms. The predicted octanol–water partition coefficient (Wildman–Crippen LogP) is 0.0164. The number of hydrogen-bond donors (Lipinski definition) is 1. The zero-order chi connectivity index (χ0) is 14.9. The number of aliphatic carboxylic acids is 1. The number of carboxylic acids is 1. The van der Waals surface area contributed by atoms with Gasteiger partial charge in [-0.25, -0.2) is 9.47 Å². The minimum absolute atomic E-state index is 0.372. The van der Waals surface area contributed by atoms with Gasteiger partial charge in [-0.3, -0.25) is 4.79 Å². The third-order valence-corrected chi connectivity index (χ3v) is 3.62. The van der Waals surface area contributed by atoms with E-state index in [2.05, 4.69) is 4.98 Å². The van der Waals surface area contributed by atoms with Gasteiger partial charge in [0.15, 0.2) is 0 Å². The normalized spacial score (nSPS) is 17.1. The summed E-state index contributed by atoms with van der Waals surface area (Å²) in [6.45, 7) is 7.31. The van der Waals surface area contributed by atoms with Crippen LogP contribution in [0.15, 0.2) is 4.79 Å². The van der Waals surface area contributed by atoms with E-state index < -0.39 is 11.9 Å². The Morgan fingerprint density at radius 1 is 1.35 bits per heavy atom. The SMILES string of the molecule is Cc1nc(=O)n(N2CCOCC2)c(C)c1C(C)C(=O)O. The molecule has 1 saturated heterocycles. The molecule has 0 radical (unpaired) electrons. The van der Waals surface area contributed by atoms with Gasteiger partial charge in [0, 0.05) is 17.0 Å². The summed E-state index contributed by atoms with van der Waals surface area (Å²) in [4.78, 5) is 27.3. The molecule has 7 nitrogen and oxygen atoms in total. The second-order valence-corrected chi connectivity index (χ2v) is 4.92. The van der Waals surface area contributed by atoms with Crippen LogP contribution in [-0.4, -0.2) is 47.0 Å². The molecular weight excluding hydrogens is 262 g/mol. The Morgan fingerprint density at radius 2 is 1.95 bits per heavy atom. The number of carboxylic acid groups (broad SMARTS) is 1. The molecule has 1 N–H and O–H groups in total. The molecule has 20 heavy (non-hydrogen) atoms. The standard InChI is InChI=1S/C13H19N3O4/c1-8(12(17)18)11-9(2)14-13(19)16(10(11)3)15-4-6-20-7-5-15/h8H,4-7H2,1-3H3,(H,17,18). The van der Waals surface area contributed by atoms with Crippen molar-refractivity contribution < 1.29 is 14.6 Å². The molecule has 2 rings (SSSR count). The molecule has 1 aromatic heterocycles. The van der Waals surface area contributed by atoms with Gasteiger partial charge >= 0.3 is 11.7 Å². The summed E-state index contributed by atoms with van der Waals surface area (Å²) >= 11 is 0. The summed E-state index contributed by atoms with van der Waals surface area (Å²) < 4.78 is 6.75. The van der Waals surface area contributed by atoms with Crippen LogP contribution in [0.2, 0.25) is 0 Å². The number of hydrogen-bond acceptors (Lipinski definition) is 5. The predicted molar refractivity (Wildman–Crippen MR) is 72.8 cm³/mol. The van der Waals surface area contributed by atoms with Gasteiger partial charge in [0.05, 0.1) is 32.2 Å². The van der Waals surface area contributed by atoms with E-state index in [0.717, 1.165) is 0 Å². The Morgan fingerprint density at radius 3 is 2.50 bits per heavy atom. The van der Waals surface area contributed by atoms with E-state index >= 15 is 0 Å². The summed E-state index contributed by atoms with van der Waals surface area (Å²) in [5, 5.41) is 11.1. The molecule has 1 fully saturated rings. The van der Waals surface area contributed by atoms with Crippen molar-refractivity contribution >= 4 is 5.97 Å². The fourth-order valence-corrected chi connectivity index (χ4v) is 2.61. The fourth-order valence-electron chi connectivity index (χ4n) is 2.61. The minimum Gasteiger partial charge on any atom is -0.481 e. The van der Waals surface area contributed by atoms with Crippen LogP contribution in [0.4, 0.5) is 0 Å². The van der Waals surface area contributed by atoms with Crippen LogP contribution in [0.1, 0.15) is 29.8 Å². The number of carbonyl (C=O) groups is 1. The number of aryl methyl sites for hydroxylation is 1. The average Bonchev–Trinajstić information content (AvgIpc) is 2.39. The van der Waals surface area contributed by atoms with Crippen LogP contribution in [0.3, 0.4) is 0 Å². The summed E-state index contributed by atoms with van der Waals surface area (Å²) in [5.74, 6) is -1.62. The highest BCUT2D eigenvalue weighted by Crippen LogP contribution is 2.21. The molecule has 1 atom stereocenters. The molecule has 1 aliphatic heterocycles. The van der Waals surface area contributed by atoms with Gasteiger partial charge in [-0.05, 0) is 20.8 Å². The topological polar surface area (TPSA) is 84.7 Å². The first-order chi connectivity index (χ1) is 9.43. The summed E-state index contributed by atoms with van der Waals surface area (Å²) in [5.41, 5.74) is 1.35. The zero-order valence-electron chi connectivity index (χ0n) is 11.9. The monoisotopic (exact) mass is 281 g/mol. The quantitative estimate of drug-likeness (QED) is 0.840. The van der Waals surface area contributed by atoms with Crippen molar-refractivity contribution in [3.05, 3.63) is 27.4 Å². The molecule has 0 aliphatic carbocycles. The van der Waals surface area contributed by atoms with Gasteiger partial charge in [-0.1, -0.05) is 0 Å². The van der Waals surface area contributed by atoms with Crippen molar-refractivity contribution in [3.8, 4) is 0 Å². The van der Waals surface area contributed by atoms with E-state index in [1.54, 1.807) is 20.8 Å². The zero-order valence-corrected chi connectivity index (χ0v) is 11.9. The molecule has 0 amide bonds. The Labute approximate surface area is 116 Å². The highest BCUT2D eigenvalue weighted by molar-refractivity contribution is 5.76. The first-order valence-corrected chi connectivity index (χ1v) is 6.59. The average molecular weight is 281 g/mol. The van der Waals surface area contributed by atoms with E-state index in [1.807, 2.05) is 5.01 Å². The molecule has 2 heterocycles. The van der Waals surface area contributed by atoms with E-state index in [4.69, 9.17) is 4.74 Å². The summed E-state index contributed by atoms with van der Waals surface area (Å²) in [6, 6.07) is 0. The maximum Gasteiger partial charge on any atom is 0.366 e. The number of ether oxygens (including phenoxy) is 1. The van der Waals surface area contributed by atoms with E-state index in [1.165, 1.54) is 4.68 Å². The molecule has 0 aromatic carbocycles. The van der Waals surface area contributed by atoms with Crippen molar-refractivity contribution in [2.45, 2.75) is 26.7 Å². The van der Waals surface area contributed by atoms with Crippen molar-refractivity contribution in [1.82, 2.24) is 9.66 Å². The van der Waals surface area contributed by atoms with Gasteiger partial charge in [-0.15, -0.1) is 0 Å². The Bertz CT molecular complexity index is 576. The number of morpholine rings is 1. The largest absolute Gasteiger partial charge is 0.481 e. The maximum absolute atomic E-state index is 12.1. The third-order valence-electron chi connectivity index (χ3n) is 3.62. The Balaban J connectivity index is 2.54. The van der Waals surface area contributed by atoms with Crippen LogP contribution < -0.4 is 10.7 Å². The van der Waals surface area contributed by atoms with Gasteiger partial charge in [0.25, 0.3) is 0 Å². The van der Waals surface area contributed by atoms with Crippen LogP contribution in [0.5, 0.6) is 0 Å². The fraction of sp³-hybridized carbons (Fsp3) is 0.615. The van der Waals surface area contributed by atoms with E-state index in [0.29, 0.717) is 43.3 Å². The second kappa shape index (κ2) is 5.62. The van der Waals surface area contributed by atoms with Crippen LogP contribution in [0.25, 0.3) is 0 Å². The lowest BCUT2D eigenvalue weighted by atomic mass is 9.98. The van der Waals surface area contributed by atoms with E-state index in [-0.39, 0.29) is 5.69 Å². The van der Waals surface area contributed by atoms with Crippen molar-refractivity contribution in [2.24, 2.45) is 0 Å². The molecular formula is C13H19N3O4. The van der Waals surface area contributed by atoms with Crippen LogP contribution >= 0.6 is 0 Å². The lowest BCUT2D eigenvalue weighted by Gasteiger charge is -2.32.